The Morgan fingerprint density at radius 1 is 1.14 bits per heavy atom. The van der Waals surface area contributed by atoms with Crippen molar-refractivity contribution in [2.24, 2.45) is 5.41 Å². The SMILES string of the molecule is CC1(C)CCC(=Cc2cc([C@@]3(O)O[C@H](CO)[C@@H](O)[C@H](O)[C@H]3O)ccc2Cl)CC1. The molecule has 0 amide bonds. The van der Waals surface area contributed by atoms with Crippen LogP contribution in [0.4, 0.5) is 0 Å². The van der Waals surface area contributed by atoms with Crippen LogP contribution in [0.2, 0.25) is 5.02 Å². The molecule has 0 unspecified atom stereocenters. The van der Waals surface area contributed by atoms with E-state index in [1.54, 1.807) is 12.1 Å². The fraction of sp³-hybridized carbons (Fsp3) is 0.619. The predicted octanol–water partition coefficient (Wildman–Crippen LogP) is 1.94. The van der Waals surface area contributed by atoms with E-state index in [0.717, 1.165) is 25.7 Å². The molecule has 7 heteroatoms. The number of aliphatic hydroxyl groups excluding tert-OH is 4. The Hall–Kier alpha value is -0.990. The van der Waals surface area contributed by atoms with Crippen LogP contribution in [0.25, 0.3) is 6.08 Å². The van der Waals surface area contributed by atoms with Crippen molar-refractivity contribution in [3.05, 3.63) is 39.9 Å². The third-order valence-corrected chi connectivity index (χ3v) is 6.33. The van der Waals surface area contributed by atoms with Crippen molar-refractivity contribution < 1.29 is 30.3 Å². The molecule has 2 aliphatic rings. The van der Waals surface area contributed by atoms with Gasteiger partial charge in [-0.2, -0.15) is 0 Å². The first-order chi connectivity index (χ1) is 13.1. The first-order valence-corrected chi connectivity index (χ1v) is 10.00. The van der Waals surface area contributed by atoms with E-state index in [4.69, 9.17) is 16.3 Å². The number of allylic oxidation sites excluding steroid dienone is 1. The minimum atomic E-state index is -2.28. The van der Waals surface area contributed by atoms with Gasteiger partial charge < -0.3 is 30.3 Å². The number of hydrogen-bond donors (Lipinski definition) is 5. The number of rotatable bonds is 3. The highest BCUT2D eigenvalue weighted by molar-refractivity contribution is 6.32. The van der Waals surface area contributed by atoms with Gasteiger partial charge in [0, 0.05) is 10.6 Å². The lowest BCUT2D eigenvalue weighted by Crippen LogP contribution is -2.63. The highest BCUT2D eigenvalue weighted by Crippen LogP contribution is 2.40. The molecule has 6 nitrogen and oxygen atoms in total. The summed E-state index contributed by atoms with van der Waals surface area (Å²) in [6, 6.07) is 4.70. The summed E-state index contributed by atoms with van der Waals surface area (Å²) in [6.07, 6.45) is -0.108. The van der Waals surface area contributed by atoms with Crippen molar-refractivity contribution >= 4 is 17.7 Å². The Kier molecular flexibility index (Phi) is 6.23. The Labute approximate surface area is 170 Å². The third kappa shape index (κ3) is 4.14. The molecule has 0 bridgehead atoms. The largest absolute Gasteiger partial charge is 0.394 e. The summed E-state index contributed by atoms with van der Waals surface area (Å²) in [6.45, 7) is 3.89. The van der Waals surface area contributed by atoms with Crippen LogP contribution in [-0.2, 0) is 10.5 Å². The number of halogens is 1. The van der Waals surface area contributed by atoms with Gasteiger partial charge in [0.05, 0.1) is 6.61 Å². The fourth-order valence-corrected chi connectivity index (χ4v) is 4.05. The Morgan fingerprint density at radius 3 is 2.39 bits per heavy atom. The van der Waals surface area contributed by atoms with Crippen LogP contribution < -0.4 is 0 Å². The standard InChI is InChI=1S/C21H29ClO6/c1-20(2)7-5-12(6-8-20)9-13-10-14(3-4-15(13)22)21(27)19(26)18(25)17(24)16(11-23)28-21/h3-4,9-10,16-19,23-27H,5-8,11H2,1-2H3/t16-,17-,18+,19-,21-/m1/s1. The Morgan fingerprint density at radius 2 is 1.79 bits per heavy atom. The quantitative estimate of drug-likeness (QED) is 0.519. The maximum Gasteiger partial charge on any atom is 0.222 e. The van der Waals surface area contributed by atoms with Crippen LogP contribution in [0.3, 0.4) is 0 Å². The molecule has 0 aromatic heterocycles. The normalized spacial score (nSPS) is 35.6. The minimum Gasteiger partial charge on any atom is -0.394 e. The van der Waals surface area contributed by atoms with Gasteiger partial charge >= 0.3 is 0 Å². The smallest absolute Gasteiger partial charge is 0.222 e. The van der Waals surface area contributed by atoms with E-state index in [9.17, 15) is 25.5 Å². The van der Waals surface area contributed by atoms with Crippen molar-refractivity contribution in [2.45, 2.75) is 69.7 Å². The molecule has 0 radical (unpaired) electrons. The van der Waals surface area contributed by atoms with E-state index in [1.165, 1.54) is 11.6 Å². The zero-order valence-electron chi connectivity index (χ0n) is 16.2. The molecule has 0 spiro atoms. The van der Waals surface area contributed by atoms with Gasteiger partial charge in [-0.1, -0.05) is 43.2 Å². The average molecular weight is 413 g/mol. The highest BCUT2D eigenvalue weighted by atomic mass is 35.5. The summed E-state index contributed by atoms with van der Waals surface area (Å²) >= 11 is 6.34. The number of ether oxygens (including phenoxy) is 1. The summed E-state index contributed by atoms with van der Waals surface area (Å²) in [5.74, 6) is -2.28. The van der Waals surface area contributed by atoms with Crippen molar-refractivity contribution in [3.63, 3.8) is 0 Å². The van der Waals surface area contributed by atoms with Crippen LogP contribution in [0, 0.1) is 5.41 Å². The summed E-state index contributed by atoms with van der Waals surface area (Å²) in [5.41, 5.74) is 2.46. The third-order valence-electron chi connectivity index (χ3n) is 5.98. The van der Waals surface area contributed by atoms with Gasteiger partial charge in [-0.15, -0.1) is 0 Å². The summed E-state index contributed by atoms with van der Waals surface area (Å²) in [7, 11) is 0. The van der Waals surface area contributed by atoms with Crippen LogP contribution in [0.15, 0.2) is 23.8 Å². The first-order valence-electron chi connectivity index (χ1n) is 9.62. The van der Waals surface area contributed by atoms with Crippen molar-refractivity contribution in [1.29, 1.82) is 0 Å². The fourth-order valence-electron chi connectivity index (χ4n) is 3.88. The summed E-state index contributed by atoms with van der Waals surface area (Å²) in [4.78, 5) is 0. The van der Waals surface area contributed by atoms with Gasteiger partial charge in [0.25, 0.3) is 0 Å². The van der Waals surface area contributed by atoms with Crippen LogP contribution in [0.5, 0.6) is 0 Å². The van der Waals surface area contributed by atoms with Gasteiger partial charge in [0.1, 0.15) is 24.4 Å². The Bertz CT molecular complexity index is 734. The van der Waals surface area contributed by atoms with E-state index in [-0.39, 0.29) is 5.56 Å². The molecule has 5 atom stereocenters. The van der Waals surface area contributed by atoms with Crippen LogP contribution in [0.1, 0.15) is 50.7 Å². The lowest BCUT2D eigenvalue weighted by Gasteiger charge is -2.45. The first kappa shape index (κ1) is 21.7. The predicted molar refractivity (Wildman–Crippen MR) is 106 cm³/mol. The zero-order valence-corrected chi connectivity index (χ0v) is 16.9. The number of aliphatic hydroxyl groups is 5. The van der Waals surface area contributed by atoms with E-state index in [2.05, 4.69) is 13.8 Å². The molecular formula is C21H29ClO6. The molecule has 1 aromatic carbocycles. The van der Waals surface area contributed by atoms with E-state index in [0.29, 0.717) is 16.0 Å². The minimum absolute atomic E-state index is 0.191. The van der Waals surface area contributed by atoms with Gasteiger partial charge in [0.15, 0.2) is 0 Å². The molecule has 1 heterocycles. The van der Waals surface area contributed by atoms with E-state index in [1.807, 2.05) is 6.08 Å². The molecule has 5 N–H and O–H groups in total. The lowest BCUT2D eigenvalue weighted by molar-refractivity contribution is -0.357. The molecule has 3 rings (SSSR count). The monoisotopic (exact) mass is 412 g/mol. The molecule has 28 heavy (non-hydrogen) atoms. The number of benzene rings is 1. The summed E-state index contributed by atoms with van der Waals surface area (Å²) < 4.78 is 5.40. The van der Waals surface area contributed by atoms with Crippen LogP contribution in [-0.4, -0.2) is 56.6 Å². The molecule has 1 saturated heterocycles. The summed E-state index contributed by atoms with van der Waals surface area (Å²) in [5, 5.41) is 51.2. The molecule has 2 fully saturated rings. The second kappa shape index (κ2) is 8.03. The van der Waals surface area contributed by atoms with Crippen molar-refractivity contribution in [2.75, 3.05) is 6.61 Å². The molecule has 1 aliphatic carbocycles. The van der Waals surface area contributed by atoms with E-state index < -0.39 is 36.8 Å². The second-order valence-corrected chi connectivity index (χ2v) is 9.07. The lowest BCUT2D eigenvalue weighted by atomic mass is 9.75. The van der Waals surface area contributed by atoms with Gasteiger partial charge in [-0.25, -0.2) is 0 Å². The number of hydrogen-bond acceptors (Lipinski definition) is 6. The molecular weight excluding hydrogens is 384 g/mol. The van der Waals surface area contributed by atoms with Gasteiger partial charge in [-0.3, -0.25) is 0 Å². The highest BCUT2D eigenvalue weighted by Gasteiger charge is 2.53. The molecule has 1 aliphatic heterocycles. The second-order valence-electron chi connectivity index (χ2n) is 8.66. The van der Waals surface area contributed by atoms with Crippen molar-refractivity contribution in [1.82, 2.24) is 0 Å². The van der Waals surface area contributed by atoms with Gasteiger partial charge in [0.2, 0.25) is 5.79 Å². The molecule has 1 aromatic rings. The zero-order chi connectivity index (χ0) is 20.7. The maximum atomic E-state index is 11.0. The van der Waals surface area contributed by atoms with E-state index >= 15 is 0 Å². The maximum absolute atomic E-state index is 11.0. The van der Waals surface area contributed by atoms with Crippen molar-refractivity contribution in [3.8, 4) is 0 Å². The topological polar surface area (TPSA) is 110 Å². The Balaban J connectivity index is 1.92. The molecule has 156 valence electrons. The van der Waals surface area contributed by atoms with Gasteiger partial charge in [-0.05, 0) is 48.8 Å². The average Bonchev–Trinajstić information content (AvgIpc) is 2.66. The molecule has 1 saturated carbocycles. The van der Waals surface area contributed by atoms with Crippen LogP contribution >= 0.6 is 11.6 Å².